The number of carbonyl (C=O) groups excluding carboxylic acids is 2. The van der Waals surface area contributed by atoms with Crippen LogP contribution in [0.25, 0.3) is 11.3 Å². The van der Waals surface area contributed by atoms with Crippen LogP contribution in [-0.2, 0) is 9.59 Å². The minimum Gasteiger partial charge on any atom is -0.348 e. The molecule has 2 aromatic rings. The SMILES string of the molecule is CC(C)CC(=O)N1CCCC1C(=O)NC(C)c1ccc(-c2ccn[nH]2)cc1. The third-order valence-corrected chi connectivity index (χ3v) is 5.04. The number of amides is 2. The number of benzene rings is 1. The summed E-state index contributed by atoms with van der Waals surface area (Å²) in [5, 5.41) is 9.98. The highest BCUT2D eigenvalue weighted by molar-refractivity contribution is 5.88. The Kier molecular flexibility index (Phi) is 5.94. The van der Waals surface area contributed by atoms with Gasteiger partial charge < -0.3 is 10.2 Å². The van der Waals surface area contributed by atoms with E-state index in [2.05, 4.69) is 15.5 Å². The highest BCUT2D eigenvalue weighted by Crippen LogP contribution is 2.23. The monoisotopic (exact) mass is 368 g/mol. The molecule has 0 radical (unpaired) electrons. The molecule has 2 heterocycles. The van der Waals surface area contributed by atoms with E-state index in [0.29, 0.717) is 18.9 Å². The molecular formula is C21H28N4O2. The van der Waals surface area contributed by atoms with Crippen molar-refractivity contribution >= 4 is 11.8 Å². The van der Waals surface area contributed by atoms with Crippen molar-refractivity contribution in [3.8, 4) is 11.3 Å². The molecular weight excluding hydrogens is 340 g/mol. The predicted octanol–water partition coefficient (Wildman–Crippen LogP) is 3.29. The fourth-order valence-corrected chi connectivity index (χ4v) is 3.57. The Hall–Kier alpha value is -2.63. The van der Waals surface area contributed by atoms with Crippen molar-refractivity contribution in [3.63, 3.8) is 0 Å². The van der Waals surface area contributed by atoms with Crippen LogP contribution in [0.2, 0.25) is 0 Å². The average molecular weight is 368 g/mol. The zero-order valence-electron chi connectivity index (χ0n) is 16.2. The van der Waals surface area contributed by atoms with Gasteiger partial charge in [0.25, 0.3) is 0 Å². The van der Waals surface area contributed by atoms with Crippen LogP contribution in [0.15, 0.2) is 36.5 Å². The van der Waals surface area contributed by atoms with Gasteiger partial charge in [-0.2, -0.15) is 5.10 Å². The van der Waals surface area contributed by atoms with Crippen molar-refractivity contribution in [2.75, 3.05) is 6.54 Å². The number of nitrogens with one attached hydrogen (secondary N) is 2. The first-order valence-electron chi connectivity index (χ1n) is 9.65. The van der Waals surface area contributed by atoms with E-state index in [1.807, 2.05) is 51.1 Å². The number of aromatic nitrogens is 2. The molecule has 0 bridgehead atoms. The Bertz CT molecular complexity index is 768. The maximum Gasteiger partial charge on any atom is 0.243 e. The fourth-order valence-electron chi connectivity index (χ4n) is 3.57. The van der Waals surface area contributed by atoms with Crippen molar-refractivity contribution in [2.24, 2.45) is 5.92 Å². The van der Waals surface area contributed by atoms with Gasteiger partial charge >= 0.3 is 0 Å². The average Bonchev–Trinajstić information content (AvgIpc) is 3.33. The number of carbonyl (C=O) groups is 2. The smallest absolute Gasteiger partial charge is 0.243 e. The molecule has 0 spiro atoms. The summed E-state index contributed by atoms with van der Waals surface area (Å²) in [6, 6.07) is 9.51. The van der Waals surface area contributed by atoms with Gasteiger partial charge in [0.2, 0.25) is 11.8 Å². The largest absolute Gasteiger partial charge is 0.348 e. The zero-order chi connectivity index (χ0) is 19.4. The van der Waals surface area contributed by atoms with Gasteiger partial charge in [-0.15, -0.1) is 0 Å². The third-order valence-electron chi connectivity index (χ3n) is 5.04. The number of nitrogens with zero attached hydrogens (tertiary/aromatic N) is 2. The van der Waals surface area contributed by atoms with E-state index in [1.54, 1.807) is 11.1 Å². The van der Waals surface area contributed by atoms with E-state index in [1.165, 1.54) is 0 Å². The quantitative estimate of drug-likeness (QED) is 0.821. The molecule has 1 saturated heterocycles. The second-order valence-electron chi connectivity index (χ2n) is 7.67. The summed E-state index contributed by atoms with van der Waals surface area (Å²) in [6.45, 7) is 6.70. The minimum absolute atomic E-state index is 0.0604. The predicted molar refractivity (Wildman–Crippen MR) is 105 cm³/mol. The molecule has 27 heavy (non-hydrogen) atoms. The number of aromatic amines is 1. The third kappa shape index (κ3) is 4.56. The van der Waals surface area contributed by atoms with Crippen molar-refractivity contribution in [1.82, 2.24) is 20.4 Å². The molecule has 2 N–H and O–H groups in total. The van der Waals surface area contributed by atoms with Crippen LogP contribution >= 0.6 is 0 Å². The minimum atomic E-state index is -0.344. The Morgan fingerprint density at radius 3 is 2.59 bits per heavy atom. The number of hydrogen-bond acceptors (Lipinski definition) is 3. The molecule has 0 aliphatic carbocycles. The van der Waals surface area contributed by atoms with Crippen LogP contribution in [0.5, 0.6) is 0 Å². The lowest BCUT2D eigenvalue weighted by atomic mass is 10.0. The molecule has 1 aromatic carbocycles. The number of hydrogen-bond donors (Lipinski definition) is 2. The standard InChI is InChI=1S/C21H28N4O2/c1-14(2)13-20(26)25-12-4-5-19(25)21(27)23-15(3)16-6-8-17(9-7-16)18-10-11-22-24-18/h6-11,14-15,19H,4-5,12-13H2,1-3H3,(H,22,24)(H,23,27). The Morgan fingerprint density at radius 1 is 1.22 bits per heavy atom. The lowest BCUT2D eigenvalue weighted by Crippen LogP contribution is -2.46. The van der Waals surface area contributed by atoms with Gasteiger partial charge in [0.1, 0.15) is 6.04 Å². The lowest BCUT2D eigenvalue weighted by Gasteiger charge is -2.26. The molecule has 6 nitrogen and oxygen atoms in total. The summed E-state index contributed by atoms with van der Waals surface area (Å²) >= 11 is 0. The maximum atomic E-state index is 12.8. The lowest BCUT2D eigenvalue weighted by molar-refractivity contribution is -0.139. The first kappa shape index (κ1) is 19.1. The zero-order valence-corrected chi connectivity index (χ0v) is 16.2. The molecule has 1 aliphatic rings. The van der Waals surface area contributed by atoms with Crippen LogP contribution in [0.3, 0.4) is 0 Å². The first-order chi connectivity index (χ1) is 13.0. The summed E-state index contributed by atoms with van der Waals surface area (Å²) in [7, 11) is 0. The molecule has 2 amide bonds. The molecule has 3 rings (SSSR count). The molecule has 1 aromatic heterocycles. The fraction of sp³-hybridized carbons (Fsp3) is 0.476. The molecule has 2 unspecified atom stereocenters. The molecule has 1 aliphatic heterocycles. The number of likely N-dealkylation sites (tertiary alicyclic amines) is 1. The Labute approximate surface area is 160 Å². The van der Waals surface area contributed by atoms with Crippen molar-refractivity contribution in [1.29, 1.82) is 0 Å². The Balaban J connectivity index is 1.62. The molecule has 0 saturated carbocycles. The van der Waals surface area contributed by atoms with Crippen LogP contribution in [0.4, 0.5) is 0 Å². The van der Waals surface area contributed by atoms with Gasteiger partial charge in [0, 0.05) is 19.2 Å². The van der Waals surface area contributed by atoms with Gasteiger partial charge in [0.15, 0.2) is 0 Å². The summed E-state index contributed by atoms with van der Waals surface area (Å²) in [5.41, 5.74) is 3.05. The first-order valence-corrected chi connectivity index (χ1v) is 9.65. The topological polar surface area (TPSA) is 78.1 Å². The summed E-state index contributed by atoms with van der Waals surface area (Å²) in [6.07, 6.45) is 3.84. The van der Waals surface area contributed by atoms with Crippen molar-refractivity contribution in [3.05, 3.63) is 42.1 Å². The van der Waals surface area contributed by atoms with E-state index in [0.717, 1.165) is 29.7 Å². The van der Waals surface area contributed by atoms with E-state index in [-0.39, 0.29) is 23.9 Å². The normalized spacial score (nSPS) is 17.9. The van der Waals surface area contributed by atoms with Crippen LogP contribution in [0, 0.1) is 5.92 Å². The van der Waals surface area contributed by atoms with E-state index in [9.17, 15) is 9.59 Å². The van der Waals surface area contributed by atoms with Gasteiger partial charge in [-0.1, -0.05) is 38.1 Å². The highest BCUT2D eigenvalue weighted by atomic mass is 16.2. The molecule has 2 atom stereocenters. The van der Waals surface area contributed by atoms with Crippen LogP contribution < -0.4 is 5.32 Å². The highest BCUT2D eigenvalue weighted by Gasteiger charge is 2.34. The molecule has 1 fully saturated rings. The van der Waals surface area contributed by atoms with Crippen LogP contribution in [-0.4, -0.2) is 39.5 Å². The van der Waals surface area contributed by atoms with Gasteiger partial charge in [-0.25, -0.2) is 0 Å². The van der Waals surface area contributed by atoms with Crippen molar-refractivity contribution in [2.45, 2.75) is 52.1 Å². The van der Waals surface area contributed by atoms with E-state index in [4.69, 9.17) is 0 Å². The van der Waals surface area contributed by atoms with Crippen molar-refractivity contribution < 1.29 is 9.59 Å². The summed E-state index contributed by atoms with van der Waals surface area (Å²) in [4.78, 5) is 26.9. The summed E-state index contributed by atoms with van der Waals surface area (Å²) in [5.74, 6) is 0.322. The molecule has 144 valence electrons. The van der Waals surface area contributed by atoms with Gasteiger partial charge in [0.05, 0.1) is 11.7 Å². The van der Waals surface area contributed by atoms with E-state index < -0.39 is 0 Å². The number of H-pyrrole nitrogens is 1. The summed E-state index contributed by atoms with van der Waals surface area (Å²) < 4.78 is 0. The van der Waals surface area contributed by atoms with Gasteiger partial charge in [-0.05, 0) is 42.9 Å². The maximum absolute atomic E-state index is 12.8. The van der Waals surface area contributed by atoms with E-state index >= 15 is 0 Å². The molecule has 6 heteroatoms. The number of rotatable bonds is 6. The second kappa shape index (κ2) is 8.37. The Morgan fingerprint density at radius 2 is 1.96 bits per heavy atom. The van der Waals surface area contributed by atoms with Crippen LogP contribution in [0.1, 0.15) is 51.6 Å². The second-order valence-corrected chi connectivity index (χ2v) is 7.67. The van der Waals surface area contributed by atoms with Gasteiger partial charge in [-0.3, -0.25) is 14.7 Å².